The zero-order valence-corrected chi connectivity index (χ0v) is 13.3. The monoisotopic (exact) mass is 277 g/mol. The average Bonchev–Trinajstić information content (AvgIpc) is 2.44. The summed E-state index contributed by atoms with van der Waals surface area (Å²) in [5.41, 5.74) is 1.42. The molecular weight excluding hydrogens is 250 g/mol. The van der Waals surface area contributed by atoms with Crippen LogP contribution in [0.1, 0.15) is 63.0 Å². The van der Waals surface area contributed by atoms with Gasteiger partial charge in [0.15, 0.2) is 0 Å². The van der Waals surface area contributed by atoms with E-state index in [0.29, 0.717) is 5.56 Å². The first-order chi connectivity index (χ1) is 9.50. The SMILES string of the molecule is CCNc1cc(C(=O)NC(CC)(CC)CC)cc(C)n1. The maximum absolute atomic E-state index is 12.5. The Morgan fingerprint density at radius 1 is 1.15 bits per heavy atom. The first kappa shape index (κ1) is 16.5. The van der Waals surface area contributed by atoms with E-state index in [4.69, 9.17) is 0 Å². The van der Waals surface area contributed by atoms with Gasteiger partial charge in [-0.05, 0) is 45.2 Å². The molecule has 0 saturated carbocycles. The third kappa shape index (κ3) is 3.95. The van der Waals surface area contributed by atoms with Crippen LogP contribution in [0.5, 0.6) is 0 Å². The van der Waals surface area contributed by atoms with Crippen LogP contribution in [0.3, 0.4) is 0 Å². The van der Waals surface area contributed by atoms with Gasteiger partial charge in [0.25, 0.3) is 5.91 Å². The lowest BCUT2D eigenvalue weighted by Crippen LogP contribution is -2.47. The highest BCUT2D eigenvalue weighted by molar-refractivity contribution is 5.95. The Balaban J connectivity index is 2.97. The fourth-order valence-electron chi connectivity index (χ4n) is 2.40. The van der Waals surface area contributed by atoms with Crippen LogP contribution in [0.2, 0.25) is 0 Å². The van der Waals surface area contributed by atoms with Crippen LogP contribution in [0.15, 0.2) is 12.1 Å². The third-order valence-corrected chi connectivity index (χ3v) is 3.98. The minimum atomic E-state index is -0.105. The van der Waals surface area contributed by atoms with Gasteiger partial charge in [0.2, 0.25) is 0 Å². The summed E-state index contributed by atoms with van der Waals surface area (Å²) in [5.74, 6) is 0.743. The number of hydrogen-bond donors (Lipinski definition) is 2. The fraction of sp³-hybridized carbons (Fsp3) is 0.625. The zero-order valence-electron chi connectivity index (χ0n) is 13.3. The summed E-state index contributed by atoms with van der Waals surface area (Å²) in [5, 5.41) is 6.36. The highest BCUT2D eigenvalue weighted by Gasteiger charge is 2.26. The standard InChI is InChI=1S/C16H27N3O/c1-6-16(7-2,8-3)19-15(20)13-10-12(5)18-14(11-13)17-9-4/h10-11H,6-9H2,1-5H3,(H,17,18)(H,19,20). The zero-order chi connectivity index (χ0) is 15.2. The van der Waals surface area contributed by atoms with Crippen LogP contribution >= 0.6 is 0 Å². The smallest absolute Gasteiger partial charge is 0.251 e. The van der Waals surface area contributed by atoms with E-state index in [-0.39, 0.29) is 11.4 Å². The molecule has 0 aliphatic rings. The molecule has 0 saturated heterocycles. The van der Waals surface area contributed by atoms with Crippen molar-refractivity contribution >= 4 is 11.7 Å². The molecule has 0 bridgehead atoms. The van der Waals surface area contributed by atoms with E-state index in [2.05, 4.69) is 36.4 Å². The van der Waals surface area contributed by atoms with E-state index in [1.807, 2.05) is 26.0 Å². The molecule has 2 N–H and O–H groups in total. The number of hydrogen-bond acceptors (Lipinski definition) is 3. The second kappa shape index (κ2) is 7.27. The molecule has 0 atom stereocenters. The quantitative estimate of drug-likeness (QED) is 0.801. The van der Waals surface area contributed by atoms with Gasteiger partial charge >= 0.3 is 0 Å². The Hall–Kier alpha value is -1.58. The molecule has 0 unspecified atom stereocenters. The van der Waals surface area contributed by atoms with Crippen LogP contribution in [-0.4, -0.2) is 23.0 Å². The van der Waals surface area contributed by atoms with Crippen molar-refractivity contribution in [2.24, 2.45) is 0 Å². The molecule has 0 radical (unpaired) electrons. The van der Waals surface area contributed by atoms with Crippen molar-refractivity contribution in [1.82, 2.24) is 10.3 Å². The summed E-state index contributed by atoms with van der Waals surface area (Å²) < 4.78 is 0. The second-order valence-electron chi connectivity index (χ2n) is 5.21. The molecule has 0 spiro atoms. The van der Waals surface area contributed by atoms with Crippen LogP contribution in [0, 0.1) is 6.92 Å². The maximum Gasteiger partial charge on any atom is 0.251 e. The van der Waals surface area contributed by atoms with Crippen molar-refractivity contribution in [2.45, 2.75) is 59.4 Å². The first-order valence-electron chi connectivity index (χ1n) is 7.55. The van der Waals surface area contributed by atoms with Crippen molar-refractivity contribution in [3.63, 3.8) is 0 Å². The highest BCUT2D eigenvalue weighted by Crippen LogP contribution is 2.20. The minimum Gasteiger partial charge on any atom is -0.370 e. The molecule has 1 aromatic rings. The van der Waals surface area contributed by atoms with Crippen LogP contribution in [-0.2, 0) is 0 Å². The maximum atomic E-state index is 12.5. The molecule has 0 fully saturated rings. The highest BCUT2D eigenvalue weighted by atomic mass is 16.1. The lowest BCUT2D eigenvalue weighted by atomic mass is 9.89. The summed E-state index contributed by atoms with van der Waals surface area (Å²) in [7, 11) is 0. The fourth-order valence-corrected chi connectivity index (χ4v) is 2.40. The van der Waals surface area contributed by atoms with Crippen molar-refractivity contribution in [2.75, 3.05) is 11.9 Å². The molecule has 1 heterocycles. The lowest BCUT2D eigenvalue weighted by Gasteiger charge is -2.31. The van der Waals surface area contributed by atoms with Crippen LogP contribution in [0.25, 0.3) is 0 Å². The van der Waals surface area contributed by atoms with Crippen molar-refractivity contribution in [1.29, 1.82) is 0 Å². The van der Waals surface area contributed by atoms with Gasteiger partial charge in [0.1, 0.15) is 5.82 Å². The number of pyridine rings is 1. The van der Waals surface area contributed by atoms with Gasteiger partial charge < -0.3 is 10.6 Å². The third-order valence-electron chi connectivity index (χ3n) is 3.98. The Kier molecular flexibility index (Phi) is 5.99. The molecular formula is C16H27N3O. The molecule has 4 heteroatoms. The van der Waals surface area contributed by atoms with Gasteiger partial charge in [0.05, 0.1) is 0 Å². The summed E-state index contributed by atoms with van der Waals surface area (Å²) in [6.07, 6.45) is 2.82. The first-order valence-corrected chi connectivity index (χ1v) is 7.55. The predicted octanol–water partition coefficient (Wildman–Crippen LogP) is 3.52. The molecule has 20 heavy (non-hydrogen) atoms. The van der Waals surface area contributed by atoms with E-state index in [0.717, 1.165) is 37.3 Å². The molecule has 1 amide bonds. The Labute approximate surface area is 122 Å². The lowest BCUT2D eigenvalue weighted by molar-refractivity contribution is 0.0888. The topological polar surface area (TPSA) is 54.0 Å². The number of nitrogens with zero attached hydrogens (tertiary/aromatic N) is 1. The van der Waals surface area contributed by atoms with Gasteiger partial charge in [-0.3, -0.25) is 4.79 Å². The molecule has 1 aromatic heterocycles. The summed E-state index contributed by atoms with van der Waals surface area (Å²) in [6, 6.07) is 3.65. The molecule has 112 valence electrons. The van der Waals surface area contributed by atoms with Crippen LogP contribution < -0.4 is 10.6 Å². The van der Waals surface area contributed by atoms with Gasteiger partial charge in [-0.2, -0.15) is 0 Å². The number of rotatable bonds is 7. The van der Waals surface area contributed by atoms with E-state index >= 15 is 0 Å². The number of anilines is 1. The Morgan fingerprint density at radius 3 is 2.25 bits per heavy atom. The van der Waals surface area contributed by atoms with E-state index in [9.17, 15) is 4.79 Å². The van der Waals surface area contributed by atoms with Gasteiger partial charge in [-0.1, -0.05) is 20.8 Å². The summed E-state index contributed by atoms with van der Waals surface area (Å²) in [4.78, 5) is 16.9. The van der Waals surface area contributed by atoms with Crippen molar-refractivity contribution < 1.29 is 4.79 Å². The van der Waals surface area contributed by atoms with E-state index in [1.165, 1.54) is 0 Å². The van der Waals surface area contributed by atoms with E-state index in [1.54, 1.807) is 0 Å². The number of amides is 1. The number of carbonyl (C=O) groups excluding carboxylic acids is 1. The number of aromatic nitrogens is 1. The second-order valence-corrected chi connectivity index (χ2v) is 5.21. The summed E-state index contributed by atoms with van der Waals surface area (Å²) >= 11 is 0. The number of nitrogens with one attached hydrogen (secondary N) is 2. The average molecular weight is 277 g/mol. The molecule has 0 aliphatic carbocycles. The molecule has 4 nitrogen and oxygen atoms in total. The Bertz CT molecular complexity index is 445. The largest absolute Gasteiger partial charge is 0.370 e. The minimum absolute atomic E-state index is 0.0137. The Morgan fingerprint density at radius 2 is 1.75 bits per heavy atom. The van der Waals surface area contributed by atoms with Crippen molar-refractivity contribution in [3.8, 4) is 0 Å². The summed E-state index contributed by atoms with van der Waals surface area (Å²) in [6.45, 7) is 11.1. The number of aryl methyl sites for hydroxylation is 1. The normalized spacial score (nSPS) is 11.2. The molecule has 0 aromatic carbocycles. The van der Waals surface area contributed by atoms with Gasteiger partial charge in [-0.15, -0.1) is 0 Å². The van der Waals surface area contributed by atoms with Gasteiger partial charge in [-0.25, -0.2) is 4.98 Å². The van der Waals surface area contributed by atoms with Gasteiger partial charge in [0, 0.05) is 23.3 Å². The predicted molar refractivity (Wildman–Crippen MR) is 84.2 cm³/mol. The molecule has 0 aliphatic heterocycles. The van der Waals surface area contributed by atoms with Crippen molar-refractivity contribution in [3.05, 3.63) is 23.4 Å². The number of carbonyl (C=O) groups is 1. The van der Waals surface area contributed by atoms with Crippen LogP contribution in [0.4, 0.5) is 5.82 Å². The molecule has 1 rings (SSSR count). The van der Waals surface area contributed by atoms with E-state index < -0.39 is 0 Å².